The smallest absolute Gasteiger partial charge is 0.282 e. The molecule has 1 atom stereocenters. The zero-order valence-electron chi connectivity index (χ0n) is 13.4. The van der Waals surface area contributed by atoms with Crippen LogP contribution in [0.1, 0.15) is 25.7 Å². The van der Waals surface area contributed by atoms with Crippen molar-refractivity contribution in [3.63, 3.8) is 0 Å². The number of carbonyl (C=O) groups is 1. The first-order valence-corrected chi connectivity index (χ1v) is 10.3. The van der Waals surface area contributed by atoms with E-state index in [1.54, 1.807) is 4.90 Å². The van der Waals surface area contributed by atoms with E-state index in [2.05, 4.69) is 0 Å². The number of amides is 1. The van der Waals surface area contributed by atoms with E-state index in [1.807, 2.05) is 30.3 Å². The number of nitrogens with zero attached hydrogens (tertiary/aromatic N) is 1. The van der Waals surface area contributed by atoms with E-state index in [9.17, 15) is 13.2 Å². The summed E-state index contributed by atoms with van der Waals surface area (Å²) in [6, 6.07) is 9.27. The molecule has 0 saturated carbocycles. The Morgan fingerprint density at radius 2 is 1.83 bits per heavy atom. The lowest BCUT2D eigenvalue weighted by atomic mass is 10.1. The first-order valence-electron chi connectivity index (χ1n) is 8.46. The lowest BCUT2D eigenvalue weighted by Gasteiger charge is -2.31. The molecule has 0 aromatic heterocycles. The van der Waals surface area contributed by atoms with Crippen molar-refractivity contribution in [1.82, 2.24) is 0 Å². The van der Waals surface area contributed by atoms with Crippen molar-refractivity contribution in [3.05, 3.63) is 30.3 Å². The first-order chi connectivity index (χ1) is 11.1. The van der Waals surface area contributed by atoms with E-state index in [-0.39, 0.29) is 23.5 Å². The Labute approximate surface area is 138 Å². The van der Waals surface area contributed by atoms with Crippen LogP contribution in [0.5, 0.6) is 0 Å². The summed E-state index contributed by atoms with van der Waals surface area (Å²) in [6.45, 7) is 2.54. The maximum atomic E-state index is 12.9. The summed E-state index contributed by atoms with van der Waals surface area (Å²) < 4.78 is 23.7. The van der Waals surface area contributed by atoms with Gasteiger partial charge in [0.05, 0.1) is 30.6 Å². The molecule has 6 heteroatoms. The van der Waals surface area contributed by atoms with Gasteiger partial charge in [0.25, 0.3) is 5.91 Å². The summed E-state index contributed by atoms with van der Waals surface area (Å²) >= 11 is 0. The minimum absolute atomic E-state index is 0.0511. The van der Waals surface area contributed by atoms with Crippen LogP contribution in [0.15, 0.2) is 30.3 Å². The van der Waals surface area contributed by atoms with Gasteiger partial charge >= 0.3 is 0 Å². The van der Waals surface area contributed by atoms with Gasteiger partial charge in [-0.25, -0.2) is 8.42 Å². The normalized spacial score (nSPS) is 24.4. The summed E-state index contributed by atoms with van der Waals surface area (Å²) in [7, 11) is -3.02. The quantitative estimate of drug-likeness (QED) is 0.858. The number of carbonyl (C=O) groups excluding carboxylic acids is 1. The van der Waals surface area contributed by atoms with Crippen LogP contribution in [-0.2, 0) is 14.6 Å². The maximum Gasteiger partial charge on any atom is 0.282 e. The highest BCUT2D eigenvalue weighted by molar-refractivity contribution is 7.91. The molecule has 0 unspecified atom stereocenters. The van der Waals surface area contributed by atoms with Gasteiger partial charge in [0.2, 0.25) is 0 Å². The van der Waals surface area contributed by atoms with Gasteiger partial charge in [-0.05, 0) is 37.8 Å². The number of piperidine rings is 1. The Morgan fingerprint density at radius 3 is 2.43 bits per heavy atom. The Hall–Kier alpha value is -1.40. The van der Waals surface area contributed by atoms with Crippen LogP contribution in [0.2, 0.25) is 0 Å². The second-order valence-electron chi connectivity index (χ2n) is 6.64. The van der Waals surface area contributed by atoms with E-state index in [0.29, 0.717) is 13.0 Å². The molecular weight excluding hydrogens is 312 g/mol. The van der Waals surface area contributed by atoms with Crippen molar-refractivity contribution in [2.45, 2.75) is 31.7 Å². The standard InChI is InChI=1S/C17H24N2O3S/c20-17(13-18-10-5-2-6-11-18)19(15-7-3-1-4-8-15)16-9-12-23(21,22)14-16/h1,3-4,7-8,16H,2,5-6,9-14H2/p+1/t16-/m0/s1. The van der Waals surface area contributed by atoms with E-state index in [0.717, 1.165) is 18.8 Å². The molecule has 5 nitrogen and oxygen atoms in total. The van der Waals surface area contributed by atoms with E-state index >= 15 is 0 Å². The zero-order valence-corrected chi connectivity index (χ0v) is 14.2. The summed E-state index contributed by atoms with van der Waals surface area (Å²) in [4.78, 5) is 16.0. The number of hydrogen-bond acceptors (Lipinski definition) is 3. The Morgan fingerprint density at radius 1 is 1.13 bits per heavy atom. The third kappa shape index (κ3) is 4.12. The van der Waals surface area contributed by atoms with Crippen molar-refractivity contribution < 1.29 is 18.1 Å². The van der Waals surface area contributed by atoms with Crippen molar-refractivity contribution in [1.29, 1.82) is 0 Å². The van der Waals surface area contributed by atoms with Crippen molar-refractivity contribution >= 4 is 21.4 Å². The van der Waals surface area contributed by atoms with Crippen LogP contribution in [-0.4, -0.2) is 51.5 Å². The summed E-state index contributed by atoms with van der Waals surface area (Å²) in [5.41, 5.74) is 0.816. The number of anilines is 1. The molecular formula is C17H25N2O3S+. The molecule has 2 aliphatic rings. The molecule has 23 heavy (non-hydrogen) atoms. The lowest BCUT2D eigenvalue weighted by molar-refractivity contribution is -0.896. The molecule has 1 aromatic rings. The van der Waals surface area contributed by atoms with Gasteiger partial charge in [0.1, 0.15) is 0 Å². The van der Waals surface area contributed by atoms with Crippen LogP contribution in [0, 0.1) is 0 Å². The van der Waals surface area contributed by atoms with Crippen LogP contribution in [0.25, 0.3) is 0 Å². The van der Waals surface area contributed by atoms with Crippen molar-refractivity contribution in [3.8, 4) is 0 Å². The zero-order chi connectivity index (χ0) is 16.3. The predicted molar refractivity (Wildman–Crippen MR) is 90.4 cm³/mol. The average Bonchev–Trinajstić information content (AvgIpc) is 2.89. The van der Waals surface area contributed by atoms with E-state index in [1.165, 1.54) is 24.2 Å². The molecule has 2 heterocycles. The molecule has 3 rings (SSSR count). The number of sulfone groups is 1. The summed E-state index contributed by atoms with van der Waals surface area (Å²) in [5.74, 6) is 0.323. The van der Waals surface area contributed by atoms with Crippen LogP contribution >= 0.6 is 0 Å². The largest absolute Gasteiger partial charge is 0.327 e. The highest BCUT2D eigenvalue weighted by Gasteiger charge is 2.36. The fourth-order valence-corrected chi connectivity index (χ4v) is 5.35. The average molecular weight is 337 g/mol. The molecule has 126 valence electrons. The topological polar surface area (TPSA) is 58.9 Å². The SMILES string of the molecule is O=C(C[NH+]1CCCCC1)N(c1ccccc1)[C@H]1CCS(=O)(=O)C1. The fraction of sp³-hybridized carbons (Fsp3) is 0.588. The molecule has 2 aliphatic heterocycles. The lowest BCUT2D eigenvalue weighted by Crippen LogP contribution is -3.14. The Balaban J connectivity index is 1.78. The molecule has 2 fully saturated rings. The van der Waals surface area contributed by atoms with Gasteiger partial charge in [0, 0.05) is 5.69 Å². The number of benzene rings is 1. The monoisotopic (exact) mass is 337 g/mol. The molecule has 1 aromatic carbocycles. The van der Waals surface area contributed by atoms with Gasteiger partial charge < -0.3 is 9.80 Å². The number of rotatable bonds is 4. The number of quaternary nitrogens is 1. The van der Waals surface area contributed by atoms with Gasteiger partial charge in [-0.1, -0.05) is 18.2 Å². The van der Waals surface area contributed by atoms with Gasteiger partial charge in [-0.2, -0.15) is 0 Å². The van der Waals surface area contributed by atoms with E-state index < -0.39 is 9.84 Å². The Kier molecular flexibility index (Phi) is 5.02. The molecule has 1 N–H and O–H groups in total. The first kappa shape index (κ1) is 16.5. The third-order valence-corrected chi connectivity index (χ3v) is 6.59. The molecule has 0 aliphatic carbocycles. The molecule has 1 amide bonds. The maximum absolute atomic E-state index is 12.9. The van der Waals surface area contributed by atoms with Crippen LogP contribution < -0.4 is 9.80 Å². The van der Waals surface area contributed by atoms with Crippen LogP contribution in [0.4, 0.5) is 5.69 Å². The van der Waals surface area contributed by atoms with E-state index in [4.69, 9.17) is 0 Å². The summed E-state index contributed by atoms with van der Waals surface area (Å²) in [6.07, 6.45) is 4.14. The predicted octanol–water partition coefficient (Wildman–Crippen LogP) is 0.276. The highest BCUT2D eigenvalue weighted by Crippen LogP contribution is 2.24. The molecule has 0 radical (unpaired) electrons. The minimum Gasteiger partial charge on any atom is -0.327 e. The second-order valence-corrected chi connectivity index (χ2v) is 8.87. The van der Waals surface area contributed by atoms with Gasteiger partial charge in [-0.15, -0.1) is 0 Å². The van der Waals surface area contributed by atoms with Gasteiger partial charge in [-0.3, -0.25) is 4.79 Å². The molecule has 0 bridgehead atoms. The second kappa shape index (κ2) is 7.01. The summed E-state index contributed by atoms with van der Waals surface area (Å²) in [5, 5.41) is 0. The number of nitrogens with one attached hydrogen (secondary N) is 1. The minimum atomic E-state index is -3.02. The van der Waals surface area contributed by atoms with Gasteiger partial charge in [0.15, 0.2) is 16.4 Å². The Bertz CT molecular complexity index is 639. The molecule has 0 spiro atoms. The number of likely N-dealkylation sites (tertiary alicyclic amines) is 1. The fourth-order valence-electron chi connectivity index (χ4n) is 3.65. The van der Waals surface area contributed by atoms with Crippen molar-refractivity contribution in [2.24, 2.45) is 0 Å². The molecule has 2 saturated heterocycles. The number of hydrogen-bond donors (Lipinski definition) is 1. The van der Waals surface area contributed by atoms with Crippen molar-refractivity contribution in [2.75, 3.05) is 36.0 Å². The third-order valence-electron chi connectivity index (χ3n) is 4.84. The van der Waals surface area contributed by atoms with Crippen LogP contribution in [0.3, 0.4) is 0 Å². The highest BCUT2D eigenvalue weighted by atomic mass is 32.2. The number of para-hydroxylation sites is 1.